The Hall–Kier alpha value is -0.0400. The van der Waals surface area contributed by atoms with Crippen molar-refractivity contribution in [1.29, 1.82) is 0 Å². The minimum absolute atomic E-state index is 0.348. The molecular formula is C25H52O. The number of aliphatic hydroxyl groups is 1. The molecule has 0 saturated carbocycles. The van der Waals surface area contributed by atoms with E-state index in [4.69, 9.17) is 5.11 Å². The standard InChI is InChI=1S/C25H52O/c1-21(2)11-10-13-22(3)14-15-24(5)16-19-25(6,7)18-9-8-12-23(4)17-20-26/h21-24,26H,8-20H2,1-7H3. The van der Waals surface area contributed by atoms with Crippen LogP contribution in [0, 0.1) is 29.1 Å². The number of aliphatic hydroxyl groups excluding tert-OH is 1. The number of hydrogen-bond acceptors (Lipinski definition) is 1. The van der Waals surface area contributed by atoms with E-state index in [0.717, 1.165) is 24.2 Å². The van der Waals surface area contributed by atoms with Crippen LogP contribution in [-0.2, 0) is 0 Å². The largest absolute Gasteiger partial charge is 0.396 e. The predicted molar refractivity (Wildman–Crippen MR) is 119 cm³/mol. The van der Waals surface area contributed by atoms with Crippen LogP contribution in [0.5, 0.6) is 0 Å². The second-order valence-electron chi connectivity index (χ2n) is 10.7. The van der Waals surface area contributed by atoms with Gasteiger partial charge >= 0.3 is 0 Å². The van der Waals surface area contributed by atoms with Gasteiger partial charge in [0.1, 0.15) is 0 Å². The molecule has 1 N–H and O–H groups in total. The van der Waals surface area contributed by atoms with Gasteiger partial charge in [-0.1, -0.05) is 106 Å². The van der Waals surface area contributed by atoms with Gasteiger partial charge in [0, 0.05) is 6.61 Å². The Labute approximate surface area is 166 Å². The van der Waals surface area contributed by atoms with Crippen molar-refractivity contribution in [2.45, 2.75) is 126 Å². The maximum atomic E-state index is 8.99. The van der Waals surface area contributed by atoms with Crippen molar-refractivity contribution in [3.63, 3.8) is 0 Å². The Balaban J connectivity index is 3.79. The molecule has 0 fully saturated rings. The molecule has 0 aliphatic carbocycles. The van der Waals surface area contributed by atoms with Gasteiger partial charge in [0.25, 0.3) is 0 Å². The van der Waals surface area contributed by atoms with Crippen molar-refractivity contribution >= 4 is 0 Å². The third-order valence-corrected chi connectivity index (χ3v) is 6.37. The van der Waals surface area contributed by atoms with Crippen LogP contribution in [0.2, 0.25) is 0 Å². The molecule has 158 valence electrons. The average molecular weight is 369 g/mol. The van der Waals surface area contributed by atoms with Crippen LogP contribution in [0.3, 0.4) is 0 Å². The van der Waals surface area contributed by atoms with E-state index in [1.807, 2.05) is 0 Å². The van der Waals surface area contributed by atoms with Gasteiger partial charge in [-0.15, -0.1) is 0 Å². The molecule has 0 spiro atoms. The highest BCUT2D eigenvalue weighted by Gasteiger charge is 2.19. The van der Waals surface area contributed by atoms with E-state index in [2.05, 4.69) is 48.5 Å². The minimum atomic E-state index is 0.348. The van der Waals surface area contributed by atoms with Crippen molar-refractivity contribution in [2.24, 2.45) is 29.1 Å². The van der Waals surface area contributed by atoms with Crippen molar-refractivity contribution in [3.8, 4) is 0 Å². The molecule has 3 atom stereocenters. The van der Waals surface area contributed by atoms with E-state index in [9.17, 15) is 0 Å². The summed E-state index contributed by atoms with van der Waals surface area (Å²) in [4.78, 5) is 0. The Morgan fingerprint density at radius 3 is 1.69 bits per heavy atom. The lowest BCUT2D eigenvalue weighted by molar-refractivity contribution is 0.244. The third kappa shape index (κ3) is 16.2. The van der Waals surface area contributed by atoms with E-state index < -0.39 is 0 Å². The number of unbranched alkanes of at least 4 members (excludes halogenated alkanes) is 1. The van der Waals surface area contributed by atoms with Gasteiger partial charge in [-0.05, 0) is 48.3 Å². The fourth-order valence-electron chi connectivity index (χ4n) is 3.96. The summed E-state index contributed by atoms with van der Waals surface area (Å²) in [6.07, 6.45) is 16.1. The molecule has 0 aromatic carbocycles. The summed E-state index contributed by atoms with van der Waals surface area (Å²) in [6, 6.07) is 0. The molecule has 1 nitrogen and oxygen atoms in total. The molecule has 0 aliphatic heterocycles. The first-order valence-corrected chi connectivity index (χ1v) is 11.8. The fraction of sp³-hybridized carbons (Fsp3) is 1.00. The molecule has 26 heavy (non-hydrogen) atoms. The Bertz CT molecular complexity index is 307. The highest BCUT2D eigenvalue weighted by atomic mass is 16.3. The normalized spacial score (nSPS) is 16.0. The van der Waals surface area contributed by atoms with Crippen LogP contribution >= 0.6 is 0 Å². The summed E-state index contributed by atoms with van der Waals surface area (Å²) in [6.45, 7) is 17.1. The topological polar surface area (TPSA) is 20.2 Å². The van der Waals surface area contributed by atoms with Crippen LogP contribution in [0.4, 0.5) is 0 Å². The van der Waals surface area contributed by atoms with Crippen molar-refractivity contribution in [3.05, 3.63) is 0 Å². The predicted octanol–water partition coefficient (Wildman–Crippen LogP) is 8.25. The first-order valence-electron chi connectivity index (χ1n) is 11.8. The summed E-state index contributed by atoms with van der Waals surface area (Å²) in [5, 5.41) is 8.99. The van der Waals surface area contributed by atoms with Gasteiger partial charge in [-0.3, -0.25) is 0 Å². The van der Waals surface area contributed by atoms with Gasteiger partial charge in [-0.25, -0.2) is 0 Å². The lowest BCUT2D eigenvalue weighted by Crippen LogP contribution is -2.13. The van der Waals surface area contributed by atoms with Crippen molar-refractivity contribution < 1.29 is 5.11 Å². The Kier molecular flexibility index (Phi) is 14.9. The zero-order chi connectivity index (χ0) is 20.0. The molecule has 0 heterocycles. The fourth-order valence-corrected chi connectivity index (χ4v) is 3.96. The van der Waals surface area contributed by atoms with E-state index in [1.165, 1.54) is 70.6 Å². The first kappa shape index (κ1) is 26.0. The average Bonchev–Trinajstić information content (AvgIpc) is 2.55. The first-order chi connectivity index (χ1) is 12.2. The molecule has 0 aliphatic rings. The molecule has 0 radical (unpaired) electrons. The molecule has 0 saturated heterocycles. The second kappa shape index (κ2) is 14.9. The van der Waals surface area contributed by atoms with Crippen LogP contribution < -0.4 is 0 Å². The lowest BCUT2D eigenvalue weighted by Gasteiger charge is -2.27. The Morgan fingerprint density at radius 2 is 1.12 bits per heavy atom. The van der Waals surface area contributed by atoms with Gasteiger partial charge in [0.05, 0.1) is 0 Å². The highest BCUT2D eigenvalue weighted by molar-refractivity contribution is 4.71. The van der Waals surface area contributed by atoms with Gasteiger partial charge in [0.2, 0.25) is 0 Å². The van der Waals surface area contributed by atoms with Crippen LogP contribution in [-0.4, -0.2) is 11.7 Å². The summed E-state index contributed by atoms with van der Waals surface area (Å²) in [7, 11) is 0. The summed E-state index contributed by atoms with van der Waals surface area (Å²) in [5.74, 6) is 3.34. The summed E-state index contributed by atoms with van der Waals surface area (Å²) in [5.41, 5.74) is 0.497. The smallest absolute Gasteiger partial charge is 0.0433 e. The Morgan fingerprint density at radius 1 is 0.577 bits per heavy atom. The summed E-state index contributed by atoms with van der Waals surface area (Å²) < 4.78 is 0. The highest BCUT2D eigenvalue weighted by Crippen LogP contribution is 2.32. The lowest BCUT2D eigenvalue weighted by atomic mass is 9.79. The van der Waals surface area contributed by atoms with E-state index in [-0.39, 0.29) is 0 Å². The molecule has 3 unspecified atom stereocenters. The quantitative estimate of drug-likeness (QED) is 0.256. The van der Waals surface area contributed by atoms with Crippen LogP contribution in [0.25, 0.3) is 0 Å². The SMILES string of the molecule is CC(C)CCCC(C)CCC(C)CCC(C)(C)CCCCC(C)CCO. The zero-order valence-electron chi connectivity index (χ0n) is 19.4. The maximum Gasteiger partial charge on any atom is 0.0433 e. The molecule has 0 aromatic heterocycles. The molecule has 0 bridgehead atoms. The molecule has 1 heteroatoms. The van der Waals surface area contributed by atoms with E-state index in [0.29, 0.717) is 17.9 Å². The monoisotopic (exact) mass is 368 g/mol. The van der Waals surface area contributed by atoms with Gasteiger partial charge in [0.15, 0.2) is 0 Å². The van der Waals surface area contributed by atoms with E-state index >= 15 is 0 Å². The summed E-state index contributed by atoms with van der Waals surface area (Å²) >= 11 is 0. The molecule has 0 rings (SSSR count). The molecule has 0 aromatic rings. The minimum Gasteiger partial charge on any atom is -0.396 e. The molecular weight excluding hydrogens is 316 g/mol. The van der Waals surface area contributed by atoms with Crippen LogP contribution in [0.15, 0.2) is 0 Å². The molecule has 0 amide bonds. The third-order valence-electron chi connectivity index (χ3n) is 6.37. The number of rotatable bonds is 17. The van der Waals surface area contributed by atoms with E-state index in [1.54, 1.807) is 0 Å². The maximum absolute atomic E-state index is 8.99. The second-order valence-corrected chi connectivity index (χ2v) is 10.7. The van der Waals surface area contributed by atoms with Gasteiger partial charge in [-0.2, -0.15) is 0 Å². The van der Waals surface area contributed by atoms with Crippen LogP contribution in [0.1, 0.15) is 126 Å². The zero-order valence-corrected chi connectivity index (χ0v) is 19.4. The number of hydrogen-bond donors (Lipinski definition) is 1. The van der Waals surface area contributed by atoms with Crippen molar-refractivity contribution in [1.82, 2.24) is 0 Å². The van der Waals surface area contributed by atoms with Gasteiger partial charge < -0.3 is 5.11 Å². The van der Waals surface area contributed by atoms with Crippen molar-refractivity contribution in [2.75, 3.05) is 6.61 Å².